The number of nitrogen functional groups attached to an aromatic ring is 1. The molecule has 0 unspecified atom stereocenters. The SMILES string of the molecule is Cc1cc(/C=C/c2ccc(N(CCO)CCC(C)C)cc2)nc(N)n1. The van der Waals surface area contributed by atoms with E-state index in [1.165, 1.54) is 0 Å². The molecule has 0 aliphatic heterocycles. The zero-order valence-corrected chi connectivity index (χ0v) is 15.3. The first-order valence-corrected chi connectivity index (χ1v) is 8.73. The molecule has 1 aromatic heterocycles. The molecule has 5 nitrogen and oxygen atoms in total. The molecule has 0 aliphatic rings. The van der Waals surface area contributed by atoms with Crippen LogP contribution in [0.25, 0.3) is 12.2 Å². The number of hydrogen-bond acceptors (Lipinski definition) is 5. The molecule has 0 saturated heterocycles. The van der Waals surface area contributed by atoms with Crippen LogP contribution in [0.4, 0.5) is 11.6 Å². The minimum Gasteiger partial charge on any atom is -0.395 e. The van der Waals surface area contributed by atoms with Gasteiger partial charge in [0.25, 0.3) is 0 Å². The second-order valence-corrected chi connectivity index (χ2v) is 6.61. The Morgan fingerprint density at radius 1 is 1.12 bits per heavy atom. The smallest absolute Gasteiger partial charge is 0.220 e. The number of nitrogens with two attached hydrogens (primary N) is 1. The van der Waals surface area contributed by atoms with Crippen LogP contribution in [-0.2, 0) is 0 Å². The third-order valence-electron chi connectivity index (χ3n) is 3.94. The second kappa shape index (κ2) is 9.18. The summed E-state index contributed by atoms with van der Waals surface area (Å²) in [5, 5.41) is 9.30. The third kappa shape index (κ3) is 6.19. The van der Waals surface area contributed by atoms with E-state index >= 15 is 0 Å². The number of aliphatic hydroxyl groups is 1. The lowest BCUT2D eigenvalue weighted by Crippen LogP contribution is -2.28. The van der Waals surface area contributed by atoms with Crippen LogP contribution in [-0.4, -0.2) is 34.8 Å². The molecule has 0 spiro atoms. The first kappa shape index (κ1) is 18.9. The predicted molar refractivity (Wildman–Crippen MR) is 105 cm³/mol. The van der Waals surface area contributed by atoms with Gasteiger partial charge in [0.05, 0.1) is 12.3 Å². The van der Waals surface area contributed by atoms with Gasteiger partial charge in [-0.05, 0) is 49.1 Å². The van der Waals surface area contributed by atoms with E-state index in [4.69, 9.17) is 5.73 Å². The highest BCUT2D eigenvalue weighted by Crippen LogP contribution is 2.18. The number of hydrogen-bond donors (Lipinski definition) is 2. The summed E-state index contributed by atoms with van der Waals surface area (Å²) >= 11 is 0. The molecule has 1 aromatic carbocycles. The highest BCUT2D eigenvalue weighted by molar-refractivity contribution is 5.69. The van der Waals surface area contributed by atoms with Crippen LogP contribution in [0.1, 0.15) is 37.2 Å². The average molecular weight is 340 g/mol. The molecule has 2 rings (SSSR count). The van der Waals surface area contributed by atoms with Crippen molar-refractivity contribution >= 4 is 23.8 Å². The van der Waals surface area contributed by atoms with Gasteiger partial charge >= 0.3 is 0 Å². The molecule has 134 valence electrons. The van der Waals surface area contributed by atoms with E-state index in [0.29, 0.717) is 18.4 Å². The lowest BCUT2D eigenvalue weighted by molar-refractivity contribution is 0.301. The van der Waals surface area contributed by atoms with E-state index in [-0.39, 0.29) is 6.61 Å². The second-order valence-electron chi connectivity index (χ2n) is 6.61. The molecule has 2 aromatic rings. The quantitative estimate of drug-likeness (QED) is 0.770. The van der Waals surface area contributed by atoms with Crippen molar-refractivity contribution in [2.75, 3.05) is 30.3 Å². The monoisotopic (exact) mass is 340 g/mol. The van der Waals surface area contributed by atoms with E-state index in [1.54, 1.807) is 0 Å². The number of anilines is 2. The van der Waals surface area contributed by atoms with Gasteiger partial charge < -0.3 is 15.7 Å². The summed E-state index contributed by atoms with van der Waals surface area (Å²) < 4.78 is 0. The molecule has 0 aliphatic carbocycles. The molecule has 0 fully saturated rings. The van der Waals surface area contributed by atoms with Crippen molar-refractivity contribution in [2.24, 2.45) is 5.92 Å². The summed E-state index contributed by atoms with van der Waals surface area (Å²) in [6.07, 6.45) is 5.05. The number of benzene rings is 1. The van der Waals surface area contributed by atoms with Gasteiger partial charge in [-0.2, -0.15) is 0 Å². The van der Waals surface area contributed by atoms with Crippen molar-refractivity contribution in [3.8, 4) is 0 Å². The number of aliphatic hydroxyl groups excluding tert-OH is 1. The highest BCUT2D eigenvalue weighted by atomic mass is 16.3. The predicted octanol–water partition coefficient (Wildman–Crippen LogP) is 3.38. The fourth-order valence-electron chi connectivity index (χ4n) is 2.58. The van der Waals surface area contributed by atoms with Gasteiger partial charge in [0.1, 0.15) is 0 Å². The fraction of sp³-hybridized carbons (Fsp3) is 0.400. The van der Waals surface area contributed by atoms with Crippen LogP contribution < -0.4 is 10.6 Å². The van der Waals surface area contributed by atoms with Gasteiger partial charge in [-0.1, -0.05) is 32.1 Å². The van der Waals surface area contributed by atoms with Gasteiger partial charge in [-0.3, -0.25) is 0 Å². The number of nitrogens with zero attached hydrogens (tertiary/aromatic N) is 3. The Labute approximate surface area is 150 Å². The topological polar surface area (TPSA) is 75.3 Å². The van der Waals surface area contributed by atoms with Gasteiger partial charge in [-0.15, -0.1) is 0 Å². The molecule has 0 atom stereocenters. The Morgan fingerprint density at radius 2 is 1.84 bits per heavy atom. The summed E-state index contributed by atoms with van der Waals surface area (Å²) in [6, 6.07) is 10.2. The van der Waals surface area contributed by atoms with E-state index < -0.39 is 0 Å². The van der Waals surface area contributed by atoms with Crippen molar-refractivity contribution in [1.29, 1.82) is 0 Å². The van der Waals surface area contributed by atoms with Gasteiger partial charge in [0, 0.05) is 24.5 Å². The standard InChI is InChI=1S/C20H28N4O/c1-15(2)10-11-24(12-13-25)19-8-5-17(6-9-19)4-7-18-14-16(3)22-20(21)23-18/h4-9,14-15,25H,10-13H2,1-3H3,(H2,21,22,23)/b7-4+. The van der Waals surface area contributed by atoms with E-state index in [2.05, 4.69) is 53.0 Å². The Kier molecular flexibility index (Phi) is 6.95. The lowest BCUT2D eigenvalue weighted by atomic mass is 10.1. The summed E-state index contributed by atoms with van der Waals surface area (Å²) in [5.74, 6) is 0.937. The van der Waals surface area contributed by atoms with Gasteiger partial charge in [0.15, 0.2) is 0 Å². The van der Waals surface area contributed by atoms with E-state index in [9.17, 15) is 5.11 Å². The van der Waals surface area contributed by atoms with Gasteiger partial charge in [0.2, 0.25) is 5.95 Å². The van der Waals surface area contributed by atoms with Crippen molar-refractivity contribution in [3.63, 3.8) is 0 Å². The molecular formula is C20H28N4O. The zero-order valence-electron chi connectivity index (χ0n) is 15.3. The Balaban J connectivity index is 2.08. The van der Waals surface area contributed by atoms with Crippen molar-refractivity contribution in [1.82, 2.24) is 9.97 Å². The van der Waals surface area contributed by atoms with Crippen molar-refractivity contribution in [2.45, 2.75) is 27.2 Å². The maximum atomic E-state index is 9.30. The maximum absolute atomic E-state index is 9.30. The Bertz CT molecular complexity index is 675. The molecule has 0 radical (unpaired) electrons. The summed E-state index contributed by atoms with van der Waals surface area (Å²) in [6.45, 7) is 8.10. The normalized spacial score (nSPS) is 11.4. The Hall–Kier alpha value is -2.40. The van der Waals surface area contributed by atoms with Crippen LogP contribution in [0.3, 0.4) is 0 Å². The highest BCUT2D eigenvalue weighted by Gasteiger charge is 2.06. The molecule has 3 N–H and O–H groups in total. The van der Waals surface area contributed by atoms with E-state index in [0.717, 1.165) is 35.6 Å². The van der Waals surface area contributed by atoms with Gasteiger partial charge in [-0.25, -0.2) is 9.97 Å². The lowest BCUT2D eigenvalue weighted by Gasteiger charge is -2.25. The molecule has 5 heteroatoms. The summed E-state index contributed by atoms with van der Waals surface area (Å²) in [4.78, 5) is 10.5. The molecule has 1 heterocycles. The summed E-state index contributed by atoms with van der Waals surface area (Å²) in [7, 11) is 0. The number of rotatable bonds is 8. The minimum absolute atomic E-state index is 0.161. The van der Waals surface area contributed by atoms with Crippen LogP contribution in [0.15, 0.2) is 30.3 Å². The molecule has 0 amide bonds. The fourth-order valence-corrected chi connectivity index (χ4v) is 2.58. The van der Waals surface area contributed by atoms with Crippen LogP contribution >= 0.6 is 0 Å². The molecular weight excluding hydrogens is 312 g/mol. The summed E-state index contributed by atoms with van der Waals surface area (Å²) in [5.41, 5.74) is 9.55. The zero-order chi connectivity index (χ0) is 18.2. The van der Waals surface area contributed by atoms with Crippen LogP contribution in [0, 0.1) is 12.8 Å². The van der Waals surface area contributed by atoms with Crippen molar-refractivity contribution in [3.05, 3.63) is 47.3 Å². The van der Waals surface area contributed by atoms with Crippen molar-refractivity contribution < 1.29 is 5.11 Å². The third-order valence-corrected chi connectivity index (χ3v) is 3.94. The van der Waals surface area contributed by atoms with E-state index in [1.807, 2.05) is 25.1 Å². The molecule has 0 saturated carbocycles. The Morgan fingerprint density at radius 3 is 2.44 bits per heavy atom. The largest absolute Gasteiger partial charge is 0.395 e. The maximum Gasteiger partial charge on any atom is 0.220 e. The van der Waals surface area contributed by atoms with Crippen LogP contribution in [0.2, 0.25) is 0 Å². The number of aromatic nitrogens is 2. The minimum atomic E-state index is 0.161. The first-order chi connectivity index (χ1) is 12.0. The molecule has 25 heavy (non-hydrogen) atoms. The van der Waals surface area contributed by atoms with Crippen LogP contribution in [0.5, 0.6) is 0 Å². The molecule has 0 bridgehead atoms. The average Bonchev–Trinajstić information content (AvgIpc) is 2.56. The number of aryl methyl sites for hydroxylation is 1. The first-order valence-electron chi connectivity index (χ1n) is 8.73.